The zero-order valence-electron chi connectivity index (χ0n) is 13.0. The number of nitrogens with one attached hydrogen (secondary N) is 1. The van der Waals surface area contributed by atoms with E-state index in [4.69, 9.17) is 4.74 Å². The first-order valence-electron chi connectivity index (χ1n) is 7.77. The fourth-order valence-corrected chi connectivity index (χ4v) is 2.86. The highest BCUT2D eigenvalue weighted by Crippen LogP contribution is 2.31. The van der Waals surface area contributed by atoms with Gasteiger partial charge in [-0.05, 0) is 51.0 Å². The first kappa shape index (κ1) is 16.3. The number of amides is 1. The molecule has 2 unspecified atom stereocenters. The Kier molecular flexibility index (Phi) is 5.41. The highest BCUT2D eigenvalue weighted by molar-refractivity contribution is 5.95. The monoisotopic (exact) mass is 305 g/mol. The smallest absolute Gasteiger partial charge is 0.307 e. The van der Waals surface area contributed by atoms with Crippen LogP contribution in [0.1, 0.15) is 39.5 Å². The summed E-state index contributed by atoms with van der Waals surface area (Å²) in [5, 5.41) is 12.1. The summed E-state index contributed by atoms with van der Waals surface area (Å²) < 4.78 is 5.55. The van der Waals surface area contributed by atoms with Crippen molar-refractivity contribution in [1.29, 1.82) is 0 Å². The van der Waals surface area contributed by atoms with Gasteiger partial charge in [-0.1, -0.05) is 12.8 Å². The fraction of sp³-hybridized carbons (Fsp3) is 0.529. The molecule has 1 aromatic carbocycles. The largest absolute Gasteiger partial charge is 0.491 e. The van der Waals surface area contributed by atoms with E-state index in [-0.39, 0.29) is 12.0 Å². The van der Waals surface area contributed by atoms with E-state index < -0.39 is 17.8 Å². The van der Waals surface area contributed by atoms with Gasteiger partial charge >= 0.3 is 5.97 Å². The van der Waals surface area contributed by atoms with Crippen molar-refractivity contribution in [3.05, 3.63) is 24.3 Å². The molecular weight excluding hydrogens is 282 g/mol. The number of hydrogen-bond acceptors (Lipinski definition) is 3. The number of hydrogen-bond donors (Lipinski definition) is 2. The van der Waals surface area contributed by atoms with Gasteiger partial charge in [0.15, 0.2) is 0 Å². The van der Waals surface area contributed by atoms with E-state index in [1.165, 1.54) is 0 Å². The molecule has 1 aliphatic rings. The van der Waals surface area contributed by atoms with Crippen molar-refractivity contribution in [1.82, 2.24) is 0 Å². The lowest BCUT2D eigenvalue weighted by Gasteiger charge is -2.27. The van der Waals surface area contributed by atoms with Gasteiger partial charge in [0.1, 0.15) is 5.75 Å². The molecule has 120 valence electrons. The maximum absolute atomic E-state index is 12.3. The first-order valence-corrected chi connectivity index (χ1v) is 7.77. The predicted molar refractivity (Wildman–Crippen MR) is 83.9 cm³/mol. The van der Waals surface area contributed by atoms with Crippen molar-refractivity contribution in [2.24, 2.45) is 11.8 Å². The molecule has 1 fully saturated rings. The molecule has 5 heteroatoms. The third-order valence-corrected chi connectivity index (χ3v) is 3.91. The van der Waals surface area contributed by atoms with Crippen molar-refractivity contribution in [2.45, 2.75) is 45.6 Å². The third kappa shape index (κ3) is 4.23. The van der Waals surface area contributed by atoms with Crippen LogP contribution in [0.2, 0.25) is 0 Å². The Hall–Kier alpha value is -2.04. The van der Waals surface area contributed by atoms with Gasteiger partial charge in [0.05, 0.1) is 17.9 Å². The van der Waals surface area contributed by atoms with Gasteiger partial charge in [-0.25, -0.2) is 0 Å². The quantitative estimate of drug-likeness (QED) is 0.875. The Morgan fingerprint density at radius 2 is 1.73 bits per heavy atom. The molecule has 5 nitrogen and oxygen atoms in total. The van der Waals surface area contributed by atoms with Gasteiger partial charge in [0.25, 0.3) is 0 Å². The van der Waals surface area contributed by atoms with E-state index in [0.29, 0.717) is 18.5 Å². The second kappa shape index (κ2) is 7.29. The highest BCUT2D eigenvalue weighted by atomic mass is 16.5. The average molecular weight is 305 g/mol. The van der Waals surface area contributed by atoms with Gasteiger partial charge < -0.3 is 15.2 Å². The zero-order chi connectivity index (χ0) is 16.1. The molecule has 0 bridgehead atoms. The standard InChI is InChI=1S/C17H23NO4/c1-11(2)22-13-9-7-12(8-10-13)18-16(19)14-5-3-4-6-15(14)17(20)21/h7-11,14-15H,3-6H2,1-2H3,(H,18,19)(H,20,21). The molecule has 22 heavy (non-hydrogen) atoms. The van der Waals surface area contributed by atoms with Crippen molar-refractivity contribution in [3.8, 4) is 5.75 Å². The summed E-state index contributed by atoms with van der Waals surface area (Å²) in [6.45, 7) is 3.90. The van der Waals surface area contributed by atoms with Crippen molar-refractivity contribution in [3.63, 3.8) is 0 Å². The topological polar surface area (TPSA) is 75.6 Å². The molecule has 0 aromatic heterocycles. The van der Waals surface area contributed by atoms with Crippen LogP contribution in [0.5, 0.6) is 5.75 Å². The van der Waals surface area contributed by atoms with Crippen LogP contribution in [0, 0.1) is 11.8 Å². The van der Waals surface area contributed by atoms with E-state index in [1.54, 1.807) is 24.3 Å². The normalized spacial score (nSPS) is 21.4. The van der Waals surface area contributed by atoms with Crippen LogP contribution >= 0.6 is 0 Å². The summed E-state index contributed by atoms with van der Waals surface area (Å²) in [6, 6.07) is 7.14. The summed E-state index contributed by atoms with van der Waals surface area (Å²) in [7, 11) is 0. The lowest BCUT2D eigenvalue weighted by Crippen LogP contribution is -2.36. The highest BCUT2D eigenvalue weighted by Gasteiger charge is 2.35. The minimum absolute atomic E-state index is 0.0963. The summed E-state index contributed by atoms with van der Waals surface area (Å²) in [4.78, 5) is 23.6. The van der Waals surface area contributed by atoms with Crippen molar-refractivity contribution in [2.75, 3.05) is 5.32 Å². The predicted octanol–water partition coefficient (Wildman–Crippen LogP) is 3.30. The second-order valence-corrected chi connectivity index (χ2v) is 6.02. The molecule has 1 aromatic rings. The van der Waals surface area contributed by atoms with E-state index in [9.17, 15) is 14.7 Å². The van der Waals surface area contributed by atoms with Crippen LogP contribution in [0.4, 0.5) is 5.69 Å². The number of carbonyl (C=O) groups excluding carboxylic acids is 1. The molecule has 1 amide bonds. The number of aliphatic carboxylic acids is 1. The van der Waals surface area contributed by atoms with Crippen molar-refractivity contribution >= 4 is 17.6 Å². The Morgan fingerprint density at radius 3 is 2.27 bits per heavy atom. The number of anilines is 1. The molecule has 2 N–H and O–H groups in total. The van der Waals surface area contributed by atoms with E-state index in [2.05, 4.69) is 5.32 Å². The van der Waals surface area contributed by atoms with Crippen LogP contribution in [-0.2, 0) is 9.59 Å². The average Bonchev–Trinajstić information content (AvgIpc) is 2.48. The van der Waals surface area contributed by atoms with Crippen LogP contribution in [-0.4, -0.2) is 23.1 Å². The number of carbonyl (C=O) groups is 2. The summed E-state index contributed by atoms with van der Waals surface area (Å²) in [5.74, 6) is -1.35. The van der Waals surface area contributed by atoms with Gasteiger partial charge in [0.2, 0.25) is 5.91 Å². The minimum Gasteiger partial charge on any atom is -0.491 e. The number of rotatable bonds is 5. The summed E-state index contributed by atoms with van der Waals surface area (Å²) in [5.41, 5.74) is 0.663. The molecule has 1 saturated carbocycles. The van der Waals surface area contributed by atoms with Crippen LogP contribution in [0.3, 0.4) is 0 Å². The first-order chi connectivity index (χ1) is 10.5. The molecule has 0 radical (unpaired) electrons. The summed E-state index contributed by atoms with van der Waals surface area (Å²) in [6.07, 6.45) is 3.09. The lowest BCUT2D eigenvalue weighted by atomic mass is 9.78. The molecule has 2 atom stereocenters. The SMILES string of the molecule is CC(C)Oc1ccc(NC(=O)C2CCCCC2C(=O)O)cc1. The number of carboxylic acid groups (broad SMARTS) is 1. The summed E-state index contributed by atoms with van der Waals surface area (Å²) >= 11 is 0. The Morgan fingerprint density at radius 1 is 1.14 bits per heavy atom. The van der Waals surface area contributed by atoms with Crippen molar-refractivity contribution < 1.29 is 19.4 Å². The number of carboxylic acids is 1. The van der Waals surface area contributed by atoms with Gasteiger partial charge in [-0.15, -0.1) is 0 Å². The molecule has 0 aliphatic heterocycles. The Bertz CT molecular complexity index is 524. The second-order valence-electron chi connectivity index (χ2n) is 6.02. The minimum atomic E-state index is -0.875. The molecule has 0 spiro atoms. The van der Waals surface area contributed by atoms with Gasteiger partial charge in [0, 0.05) is 5.69 Å². The molecule has 1 aliphatic carbocycles. The molecule has 0 heterocycles. The van der Waals surface area contributed by atoms with E-state index >= 15 is 0 Å². The molecule has 2 rings (SSSR count). The zero-order valence-corrected chi connectivity index (χ0v) is 13.0. The Labute approximate surface area is 130 Å². The maximum Gasteiger partial charge on any atom is 0.307 e. The third-order valence-electron chi connectivity index (χ3n) is 3.91. The van der Waals surface area contributed by atoms with Gasteiger partial charge in [-0.3, -0.25) is 9.59 Å². The number of benzene rings is 1. The number of ether oxygens (including phenoxy) is 1. The van der Waals surface area contributed by atoms with Crippen LogP contribution in [0.25, 0.3) is 0 Å². The van der Waals surface area contributed by atoms with Crippen LogP contribution in [0.15, 0.2) is 24.3 Å². The van der Waals surface area contributed by atoms with E-state index in [0.717, 1.165) is 18.6 Å². The Balaban J connectivity index is 1.99. The molecule has 0 saturated heterocycles. The molecular formula is C17H23NO4. The fourth-order valence-electron chi connectivity index (χ4n) is 2.86. The van der Waals surface area contributed by atoms with Gasteiger partial charge in [-0.2, -0.15) is 0 Å². The maximum atomic E-state index is 12.3. The van der Waals surface area contributed by atoms with E-state index in [1.807, 2.05) is 13.8 Å². The lowest BCUT2D eigenvalue weighted by molar-refractivity contribution is -0.147. The van der Waals surface area contributed by atoms with Crippen LogP contribution < -0.4 is 10.1 Å².